The van der Waals surface area contributed by atoms with E-state index in [9.17, 15) is 34.0 Å². The molecular formula is C96H181O8P2+. The third-order valence-electron chi connectivity index (χ3n) is 23.8. The monoisotopic (exact) mass is 1520 g/mol. The summed E-state index contributed by atoms with van der Waals surface area (Å²) in [4.78, 5) is 32.5. The average Bonchev–Trinajstić information content (AvgIpc) is 0.754. The maximum atomic E-state index is 13.6. The Morgan fingerprint density at radius 2 is 0.481 bits per heavy atom. The summed E-state index contributed by atoms with van der Waals surface area (Å²) in [5, 5.41) is 20.8. The van der Waals surface area contributed by atoms with Gasteiger partial charge in [-0.3, -0.25) is 4.57 Å². The lowest BCUT2D eigenvalue weighted by atomic mass is 9.78. The molecule has 10 heteroatoms. The zero-order chi connectivity index (χ0) is 78.3. The molecule has 0 aliphatic rings. The Hall–Kier alpha value is -1.79. The summed E-state index contributed by atoms with van der Waals surface area (Å²) in [6.45, 7) is 25.5. The molecule has 1 unspecified atom stereocenters. The van der Waals surface area contributed by atoms with Gasteiger partial charge in [0.1, 0.15) is 11.5 Å². The van der Waals surface area contributed by atoms with E-state index in [0.29, 0.717) is 24.2 Å². The molecule has 0 aliphatic carbocycles. The van der Waals surface area contributed by atoms with Crippen molar-refractivity contribution in [2.24, 2.45) is 0 Å². The molecule has 0 heterocycles. The van der Waals surface area contributed by atoms with Crippen LogP contribution in [0.4, 0.5) is 0 Å². The van der Waals surface area contributed by atoms with Crippen LogP contribution in [0.15, 0.2) is 24.3 Å². The van der Waals surface area contributed by atoms with E-state index in [0.717, 1.165) is 105 Å². The molecule has 0 aliphatic heterocycles. The van der Waals surface area contributed by atoms with Gasteiger partial charge in [0, 0.05) is 4.57 Å². The minimum atomic E-state index is -4.50. The van der Waals surface area contributed by atoms with Crippen molar-refractivity contribution >= 4 is 15.9 Å². The number of aromatic hydroxyl groups is 2. The third-order valence-corrected chi connectivity index (χ3v) is 26.2. The van der Waals surface area contributed by atoms with Crippen LogP contribution in [-0.2, 0) is 35.2 Å². The second-order valence-electron chi connectivity index (χ2n) is 36.0. The Labute approximate surface area is 661 Å². The Morgan fingerprint density at radius 1 is 0.302 bits per heavy atom. The molecule has 622 valence electrons. The quantitative estimate of drug-likeness (QED) is 0.0325. The van der Waals surface area contributed by atoms with Crippen molar-refractivity contribution in [1.29, 1.82) is 0 Å². The van der Waals surface area contributed by atoms with Crippen molar-refractivity contribution in [3.05, 3.63) is 57.6 Å². The standard InChI is InChI=1S/C48H91O4P.C48H89O4P/c1-7-9-11-13-15-17-19-21-23-25-27-29-31-33-35-37-39-48(53(50,51)52,44-41-43(3)46(49)45(42-44)47(4,5)6)40-38-36-34-32-30-28-26-24-22-20-18-16-14-12-10-8-2;1-7-9-11-13-15-17-19-21-23-25-27-29-31-33-35-37-39-48(52-53(50)51,44-41-43(3)46(49)45(42-44)47(4,5)6)40-38-36-34-32-30-28-26-24-22-20-18-16-14-12-10-8-2/h41-42,49H,7-40H2,1-6H3,(H2,50,51,52);41-42H,7-40H2,1-6H3,(H-,49,50,51)/p+1. The molecule has 5 N–H and O–H groups in total. The maximum Gasteiger partial charge on any atom is 0.695 e. The number of benzene rings is 2. The zero-order valence-electron chi connectivity index (χ0n) is 72.7. The van der Waals surface area contributed by atoms with E-state index in [-0.39, 0.29) is 16.6 Å². The summed E-state index contributed by atoms with van der Waals surface area (Å²) in [5.74, 6) is 0.582. The number of phenolic OH excluding ortho intramolecular Hbond substituents is 2. The van der Waals surface area contributed by atoms with Crippen molar-refractivity contribution < 1.29 is 38.5 Å². The van der Waals surface area contributed by atoms with Gasteiger partial charge in [0.05, 0.1) is 5.16 Å². The first kappa shape index (κ1) is 102. The van der Waals surface area contributed by atoms with Crippen molar-refractivity contribution in [1.82, 2.24) is 0 Å². The van der Waals surface area contributed by atoms with Gasteiger partial charge in [-0.15, -0.1) is 9.42 Å². The summed E-state index contributed by atoms with van der Waals surface area (Å²) in [7, 11) is -7.27. The molecule has 0 fully saturated rings. The Kier molecular flexibility index (Phi) is 63.3. The largest absolute Gasteiger partial charge is 0.695 e. The fourth-order valence-electron chi connectivity index (χ4n) is 16.7. The van der Waals surface area contributed by atoms with Crippen LogP contribution in [0, 0.1) is 13.8 Å². The summed E-state index contributed by atoms with van der Waals surface area (Å²) in [6.07, 6.45) is 86.1. The van der Waals surface area contributed by atoms with E-state index < -0.39 is 26.6 Å². The Bertz CT molecular complexity index is 2330. The molecule has 0 spiro atoms. The molecule has 0 saturated carbocycles. The molecule has 106 heavy (non-hydrogen) atoms. The Morgan fingerprint density at radius 3 is 0.670 bits per heavy atom. The summed E-state index contributed by atoms with van der Waals surface area (Å²) < 4.78 is 32.2. The van der Waals surface area contributed by atoms with Gasteiger partial charge in [0.25, 0.3) is 0 Å². The van der Waals surface area contributed by atoms with E-state index in [4.69, 9.17) is 4.52 Å². The van der Waals surface area contributed by atoms with E-state index in [1.807, 2.05) is 32.0 Å². The molecule has 2 aromatic carbocycles. The topological polar surface area (TPSA) is 145 Å². The fraction of sp³-hybridized carbons (Fsp3) is 0.875. The van der Waals surface area contributed by atoms with Crippen molar-refractivity contribution in [2.75, 3.05) is 0 Å². The average molecular weight is 1530 g/mol. The van der Waals surface area contributed by atoms with E-state index in [1.165, 1.54) is 347 Å². The highest BCUT2D eigenvalue weighted by Gasteiger charge is 2.48. The molecule has 1 atom stereocenters. The number of unbranched alkanes of at least 4 members (excludes halogenated alkanes) is 60. The molecule has 8 nitrogen and oxygen atoms in total. The first-order valence-electron chi connectivity index (χ1n) is 46.6. The zero-order valence-corrected chi connectivity index (χ0v) is 74.5. The number of hydrogen-bond donors (Lipinski definition) is 5. The van der Waals surface area contributed by atoms with Crippen molar-refractivity contribution in [3.63, 3.8) is 0 Å². The number of phenols is 2. The van der Waals surface area contributed by atoms with Crippen molar-refractivity contribution in [3.8, 4) is 11.5 Å². The number of rotatable bonds is 73. The lowest BCUT2D eigenvalue weighted by Crippen LogP contribution is -2.29. The van der Waals surface area contributed by atoms with E-state index in [1.54, 1.807) is 0 Å². The van der Waals surface area contributed by atoms with Crippen LogP contribution in [0.25, 0.3) is 0 Å². The smallest absolute Gasteiger partial charge is 0.507 e. The minimum Gasteiger partial charge on any atom is -0.507 e. The first-order valence-corrected chi connectivity index (χ1v) is 49.3. The second-order valence-corrected chi connectivity index (χ2v) is 38.6. The molecule has 0 radical (unpaired) electrons. The summed E-state index contributed by atoms with van der Waals surface area (Å²) in [5.41, 5.74) is 3.49. The second kappa shape index (κ2) is 65.6. The van der Waals surface area contributed by atoms with Gasteiger partial charge >= 0.3 is 15.9 Å². The summed E-state index contributed by atoms with van der Waals surface area (Å²) in [6, 6.07) is 7.89. The van der Waals surface area contributed by atoms with Crippen LogP contribution in [-0.4, -0.2) is 24.9 Å². The van der Waals surface area contributed by atoms with Crippen LogP contribution < -0.4 is 0 Å². The van der Waals surface area contributed by atoms with Crippen LogP contribution >= 0.6 is 15.9 Å². The lowest BCUT2D eigenvalue weighted by molar-refractivity contribution is 0.0378. The van der Waals surface area contributed by atoms with Gasteiger partial charge in [-0.05, 0) is 95.9 Å². The highest BCUT2D eigenvalue weighted by atomic mass is 31.2. The fourth-order valence-corrected chi connectivity index (χ4v) is 18.6. The third kappa shape index (κ3) is 50.3. The summed E-state index contributed by atoms with van der Waals surface area (Å²) >= 11 is 0. The molecule has 0 saturated heterocycles. The predicted molar refractivity (Wildman–Crippen MR) is 466 cm³/mol. The van der Waals surface area contributed by atoms with E-state index in [2.05, 4.69) is 75.3 Å². The molecule has 2 aromatic rings. The first-order chi connectivity index (χ1) is 51.0. The molecule has 0 aromatic heterocycles. The normalized spacial score (nSPS) is 12.6. The highest BCUT2D eigenvalue weighted by molar-refractivity contribution is 7.53. The van der Waals surface area contributed by atoms with Crippen molar-refractivity contribution in [2.45, 2.75) is 541 Å². The molecule has 0 bridgehead atoms. The van der Waals surface area contributed by atoms with E-state index >= 15 is 0 Å². The van der Waals surface area contributed by atoms with Crippen LogP contribution in [0.3, 0.4) is 0 Å². The lowest BCUT2D eigenvalue weighted by Gasteiger charge is -2.37. The van der Waals surface area contributed by atoms with Crippen LogP contribution in [0.1, 0.15) is 539 Å². The molecule has 2 rings (SSSR count). The predicted octanol–water partition coefficient (Wildman–Crippen LogP) is 33.8. The van der Waals surface area contributed by atoms with Crippen LogP contribution in [0.2, 0.25) is 0 Å². The molecule has 0 amide bonds. The van der Waals surface area contributed by atoms with Crippen LogP contribution in [0.5, 0.6) is 11.5 Å². The van der Waals surface area contributed by atoms with Gasteiger partial charge < -0.3 is 20.0 Å². The number of aryl methyl sites for hydroxylation is 2. The van der Waals surface area contributed by atoms with Gasteiger partial charge in [-0.25, -0.2) is 0 Å². The maximum absolute atomic E-state index is 13.6. The van der Waals surface area contributed by atoms with Gasteiger partial charge in [0.2, 0.25) is 0 Å². The van der Waals surface area contributed by atoms with Gasteiger partial charge in [0.15, 0.2) is 5.60 Å². The number of hydrogen-bond acceptors (Lipinski definition) is 5. The SMILES string of the molecule is CCCCCCCCCCCCCCCCCCC(CCCCCCCCCCCCCCCCCC)(O[P+](=O)O)c1cc(C)c(O)c(C(C)(C)C)c1.CCCCCCCCCCCCCCCCCCC(CCCCCCCCCCCCCCCCCC)(c1cc(C)c(O)c(C(C)(C)C)c1)P(=O)(O)O. The van der Waals surface area contributed by atoms with Gasteiger partial charge in [-0.1, -0.05) is 492 Å². The molecular weight excluding hydrogens is 1340 g/mol. The Balaban J connectivity index is 0.00000106. The van der Waals surface area contributed by atoms with Gasteiger partial charge in [-0.2, -0.15) is 0 Å². The minimum absolute atomic E-state index is 0.250. The highest BCUT2D eigenvalue weighted by Crippen LogP contribution is 2.63.